The molecular formula is C19H20N2O4. The summed E-state index contributed by atoms with van der Waals surface area (Å²) in [7, 11) is 1.34. The first-order valence-corrected chi connectivity index (χ1v) is 8.10. The van der Waals surface area contributed by atoms with E-state index in [1.54, 1.807) is 24.3 Å². The van der Waals surface area contributed by atoms with E-state index in [0.29, 0.717) is 12.2 Å². The third-order valence-electron chi connectivity index (χ3n) is 4.05. The van der Waals surface area contributed by atoms with Crippen LogP contribution in [0.1, 0.15) is 28.4 Å². The van der Waals surface area contributed by atoms with Gasteiger partial charge in [0, 0.05) is 17.7 Å². The van der Waals surface area contributed by atoms with Crippen LogP contribution in [-0.4, -0.2) is 32.1 Å². The highest BCUT2D eigenvalue weighted by atomic mass is 16.5. The van der Waals surface area contributed by atoms with Crippen molar-refractivity contribution in [2.45, 2.75) is 12.5 Å². The van der Waals surface area contributed by atoms with Crippen LogP contribution in [0.15, 0.2) is 48.5 Å². The summed E-state index contributed by atoms with van der Waals surface area (Å²) in [6, 6.07) is 14.5. The van der Waals surface area contributed by atoms with Crippen LogP contribution in [0.25, 0.3) is 0 Å². The molecule has 1 unspecified atom stereocenters. The van der Waals surface area contributed by atoms with Gasteiger partial charge in [-0.05, 0) is 30.3 Å². The maximum absolute atomic E-state index is 12.2. The van der Waals surface area contributed by atoms with Gasteiger partial charge in [-0.3, -0.25) is 4.79 Å². The number of carbonyl (C=O) groups is 2. The monoisotopic (exact) mass is 340 g/mol. The molecule has 0 saturated heterocycles. The normalized spacial score (nSPS) is 15.5. The van der Waals surface area contributed by atoms with Gasteiger partial charge in [0.25, 0.3) is 0 Å². The quantitative estimate of drug-likeness (QED) is 0.818. The highest BCUT2D eigenvalue weighted by molar-refractivity contribution is 5.89. The zero-order valence-corrected chi connectivity index (χ0v) is 14.0. The van der Waals surface area contributed by atoms with Gasteiger partial charge in [-0.2, -0.15) is 0 Å². The second-order valence-corrected chi connectivity index (χ2v) is 5.72. The molecule has 1 aliphatic heterocycles. The molecule has 0 radical (unpaired) electrons. The molecule has 1 amide bonds. The van der Waals surface area contributed by atoms with Gasteiger partial charge in [0.2, 0.25) is 5.91 Å². The third kappa shape index (κ3) is 4.09. The van der Waals surface area contributed by atoms with E-state index in [4.69, 9.17) is 4.74 Å². The molecule has 25 heavy (non-hydrogen) atoms. The number of para-hydroxylation sites is 1. The molecule has 130 valence electrons. The SMILES string of the molecule is COC(=O)c1ccc(NCC(=O)NC2CCOc3ccccc32)cc1. The van der Waals surface area contributed by atoms with Crippen LogP contribution >= 0.6 is 0 Å². The summed E-state index contributed by atoms with van der Waals surface area (Å²) in [5.41, 5.74) is 2.23. The molecular weight excluding hydrogens is 320 g/mol. The number of hydrogen-bond acceptors (Lipinski definition) is 5. The van der Waals surface area contributed by atoms with E-state index >= 15 is 0 Å². The Morgan fingerprint density at radius 1 is 1.16 bits per heavy atom. The Hall–Kier alpha value is -3.02. The highest BCUT2D eigenvalue weighted by Gasteiger charge is 2.22. The van der Waals surface area contributed by atoms with Crippen LogP contribution in [0.3, 0.4) is 0 Å². The molecule has 3 rings (SSSR count). The lowest BCUT2D eigenvalue weighted by atomic mass is 10.0. The number of amides is 1. The van der Waals surface area contributed by atoms with Crippen molar-refractivity contribution < 1.29 is 19.1 Å². The van der Waals surface area contributed by atoms with E-state index in [1.807, 2.05) is 24.3 Å². The molecule has 0 saturated carbocycles. The Labute approximate surface area is 146 Å². The molecule has 6 nitrogen and oxygen atoms in total. The lowest BCUT2D eigenvalue weighted by Gasteiger charge is -2.26. The third-order valence-corrected chi connectivity index (χ3v) is 4.05. The Morgan fingerprint density at radius 3 is 2.68 bits per heavy atom. The molecule has 1 aliphatic rings. The van der Waals surface area contributed by atoms with Crippen molar-refractivity contribution in [3.63, 3.8) is 0 Å². The number of ether oxygens (including phenoxy) is 2. The van der Waals surface area contributed by atoms with Crippen LogP contribution in [0.4, 0.5) is 5.69 Å². The molecule has 0 bridgehead atoms. The van der Waals surface area contributed by atoms with Crippen LogP contribution in [0, 0.1) is 0 Å². The summed E-state index contributed by atoms with van der Waals surface area (Å²) in [4.78, 5) is 23.6. The van der Waals surface area contributed by atoms with Crippen molar-refractivity contribution in [2.75, 3.05) is 25.6 Å². The minimum absolute atomic E-state index is 0.0408. The number of methoxy groups -OCH3 is 1. The average molecular weight is 340 g/mol. The second-order valence-electron chi connectivity index (χ2n) is 5.72. The Morgan fingerprint density at radius 2 is 1.92 bits per heavy atom. The first kappa shape index (κ1) is 16.8. The largest absolute Gasteiger partial charge is 0.493 e. The predicted molar refractivity (Wildman–Crippen MR) is 93.7 cm³/mol. The van der Waals surface area contributed by atoms with Crippen molar-refractivity contribution in [3.8, 4) is 5.75 Å². The lowest BCUT2D eigenvalue weighted by molar-refractivity contribution is -0.120. The summed E-state index contributed by atoms with van der Waals surface area (Å²) in [5, 5.41) is 6.08. The molecule has 2 N–H and O–H groups in total. The topological polar surface area (TPSA) is 76.7 Å². The molecule has 2 aromatic carbocycles. The van der Waals surface area contributed by atoms with E-state index in [2.05, 4.69) is 15.4 Å². The van der Waals surface area contributed by atoms with Crippen LogP contribution in [0.2, 0.25) is 0 Å². The van der Waals surface area contributed by atoms with Crippen molar-refractivity contribution in [3.05, 3.63) is 59.7 Å². The van der Waals surface area contributed by atoms with E-state index in [9.17, 15) is 9.59 Å². The summed E-state index contributed by atoms with van der Waals surface area (Å²) in [6.45, 7) is 0.738. The maximum atomic E-state index is 12.2. The first-order chi connectivity index (χ1) is 12.2. The fraction of sp³-hybridized carbons (Fsp3) is 0.263. The van der Waals surface area contributed by atoms with E-state index in [-0.39, 0.29) is 24.5 Å². The number of esters is 1. The standard InChI is InChI=1S/C19H20N2O4/c1-24-19(23)13-6-8-14(9-7-13)20-12-18(22)21-16-10-11-25-17-5-3-2-4-15(16)17/h2-9,16,20H,10-12H2,1H3,(H,21,22). The number of rotatable bonds is 5. The average Bonchev–Trinajstić information content (AvgIpc) is 2.66. The van der Waals surface area contributed by atoms with E-state index < -0.39 is 0 Å². The molecule has 0 aromatic heterocycles. The number of hydrogen-bond donors (Lipinski definition) is 2. The van der Waals surface area contributed by atoms with Gasteiger partial charge in [0.05, 0.1) is 31.9 Å². The number of fused-ring (bicyclic) bond motifs is 1. The lowest BCUT2D eigenvalue weighted by Crippen LogP contribution is -2.35. The molecule has 2 aromatic rings. The Bertz CT molecular complexity index is 758. The van der Waals surface area contributed by atoms with Crippen LogP contribution in [0.5, 0.6) is 5.75 Å². The zero-order valence-electron chi connectivity index (χ0n) is 14.0. The van der Waals surface area contributed by atoms with Crippen LogP contribution < -0.4 is 15.4 Å². The molecule has 1 atom stereocenters. The van der Waals surface area contributed by atoms with Crippen molar-refractivity contribution in [1.82, 2.24) is 5.32 Å². The predicted octanol–water partition coefficient (Wildman–Crippen LogP) is 2.53. The van der Waals surface area contributed by atoms with E-state index in [1.165, 1.54) is 7.11 Å². The fourth-order valence-electron chi connectivity index (χ4n) is 2.76. The Kier molecular flexibility index (Phi) is 5.18. The Balaban J connectivity index is 1.54. The van der Waals surface area contributed by atoms with Crippen molar-refractivity contribution in [2.24, 2.45) is 0 Å². The summed E-state index contributed by atoms with van der Waals surface area (Å²) in [6.07, 6.45) is 0.747. The van der Waals surface area contributed by atoms with Gasteiger partial charge in [-0.15, -0.1) is 0 Å². The number of anilines is 1. The van der Waals surface area contributed by atoms with Gasteiger partial charge in [0.1, 0.15) is 5.75 Å². The van der Waals surface area contributed by atoms with E-state index in [0.717, 1.165) is 23.4 Å². The zero-order chi connectivity index (χ0) is 17.6. The number of carbonyl (C=O) groups excluding carboxylic acids is 2. The van der Waals surface area contributed by atoms with Gasteiger partial charge in [-0.25, -0.2) is 4.79 Å². The molecule has 6 heteroatoms. The van der Waals surface area contributed by atoms with Crippen molar-refractivity contribution in [1.29, 1.82) is 0 Å². The van der Waals surface area contributed by atoms with Gasteiger partial charge >= 0.3 is 5.97 Å². The van der Waals surface area contributed by atoms with Crippen LogP contribution in [-0.2, 0) is 9.53 Å². The number of nitrogens with one attached hydrogen (secondary N) is 2. The maximum Gasteiger partial charge on any atom is 0.337 e. The van der Waals surface area contributed by atoms with Gasteiger partial charge in [-0.1, -0.05) is 18.2 Å². The first-order valence-electron chi connectivity index (χ1n) is 8.10. The summed E-state index contributed by atoms with van der Waals surface area (Å²) in [5.74, 6) is 0.339. The van der Waals surface area contributed by atoms with Gasteiger partial charge < -0.3 is 20.1 Å². The minimum atomic E-state index is -0.387. The minimum Gasteiger partial charge on any atom is -0.493 e. The molecule has 1 heterocycles. The molecule has 0 aliphatic carbocycles. The summed E-state index contributed by atoms with van der Waals surface area (Å²) < 4.78 is 10.3. The van der Waals surface area contributed by atoms with Gasteiger partial charge in [0.15, 0.2) is 0 Å². The number of benzene rings is 2. The molecule has 0 fully saturated rings. The second kappa shape index (κ2) is 7.70. The summed E-state index contributed by atoms with van der Waals surface area (Å²) >= 11 is 0. The fourth-order valence-corrected chi connectivity index (χ4v) is 2.76. The molecule has 0 spiro atoms. The van der Waals surface area contributed by atoms with Crippen molar-refractivity contribution >= 4 is 17.6 Å². The highest BCUT2D eigenvalue weighted by Crippen LogP contribution is 2.31. The smallest absolute Gasteiger partial charge is 0.337 e.